The fourth-order valence-corrected chi connectivity index (χ4v) is 1.58. The Morgan fingerprint density at radius 2 is 1.68 bits per heavy atom. The first-order valence-electron chi connectivity index (χ1n) is 5.69. The highest BCUT2D eigenvalue weighted by atomic mass is 35.5. The van der Waals surface area contributed by atoms with E-state index in [9.17, 15) is 8.42 Å². The molecule has 0 saturated carbocycles. The zero-order valence-electron chi connectivity index (χ0n) is 11.7. The molecule has 0 unspecified atom stereocenters. The molecule has 0 aliphatic carbocycles. The van der Waals surface area contributed by atoms with E-state index in [0.717, 1.165) is 13.7 Å². The van der Waals surface area contributed by atoms with E-state index in [-0.39, 0.29) is 19.0 Å². The molecule has 0 bridgehead atoms. The first-order chi connectivity index (χ1) is 8.41. The zero-order chi connectivity index (χ0) is 14.0. The van der Waals surface area contributed by atoms with E-state index in [1.165, 1.54) is 10.5 Å². The Labute approximate surface area is 122 Å². The minimum atomic E-state index is -3.67. The summed E-state index contributed by atoms with van der Waals surface area (Å²) >= 11 is 0. The number of rotatable bonds is 5. The van der Waals surface area contributed by atoms with Crippen molar-refractivity contribution in [1.82, 2.24) is 0 Å². The third-order valence-corrected chi connectivity index (χ3v) is 2.80. The van der Waals surface area contributed by atoms with Gasteiger partial charge in [0.2, 0.25) is 0 Å². The minimum absolute atomic E-state index is 0. The normalized spacial score (nSPS) is 10.4. The van der Waals surface area contributed by atoms with Crippen LogP contribution in [0.25, 0.3) is 0 Å². The van der Waals surface area contributed by atoms with Gasteiger partial charge in [-0.3, -0.25) is 4.18 Å². The van der Waals surface area contributed by atoms with Crippen LogP contribution in [0.2, 0.25) is 0 Å². The highest BCUT2D eigenvalue weighted by Crippen LogP contribution is 1.94. The zero-order valence-corrected chi connectivity index (χ0v) is 13.3. The molecule has 0 atom stereocenters. The van der Waals surface area contributed by atoms with E-state index in [4.69, 9.17) is 0 Å². The molecule has 0 radical (unpaired) electrons. The van der Waals surface area contributed by atoms with Gasteiger partial charge in [0.25, 0.3) is 0 Å². The van der Waals surface area contributed by atoms with Crippen molar-refractivity contribution in [1.29, 1.82) is 0 Å². The number of hydrogen-bond donors (Lipinski definition) is 1. The van der Waals surface area contributed by atoms with Gasteiger partial charge >= 0.3 is 10.4 Å². The fraction of sp³-hybridized carbons (Fsp3) is 0.500. The van der Waals surface area contributed by atoms with Crippen LogP contribution < -0.4 is 17.3 Å². The molecule has 19 heavy (non-hydrogen) atoms. The molecular formula is C12H22ClNO4S. The van der Waals surface area contributed by atoms with Gasteiger partial charge in [0, 0.05) is 5.56 Å². The quantitative estimate of drug-likeness (QED) is 0.641. The van der Waals surface area contributed by atoms with Gasteiger partial charge in [0.05, 0.1) is 27.8 Å². The van der Waals surface area contributed by atoms with Crippen LogP contribution in [-0.2, 0) is 25.3 Å². The summed E-state index contributed by atoms with van der Waals surface area (Å²) in [7, 11) is 1.70. The molecular weight excluding hydrogens is 290 g/mol. The van der Waals surface area contributed by atoms with Crippen LogP contribution in [0, 0.1) is 0 Å². The summed E-state index contributed by atoms with van der Waals surface area (Å²) in [5.74, 6) is 0. The van der Waals surface area contributed by atoms with Crippen molar-refractivity contribution >= 4 is 10.4 Å². The van der Waals surface area contributed by atoms with Gasteiger partial charge < -0.3 is 17.3 Å². The summed E-state index contributed by atoms with van der Waals surface area (Å²) in [6.45, 7) is 2.79. The maximum absolute atomic E-state index is 10.2. The lowest BCUT2D eigenvalue weighted by atomic mass is 10.2. The molecule has 112 valence electrons. The fourth-order valence-electron chi connectivity index (χ4n) is 1.20. The Balaban J connectivity index is 0. The van der Waals surface area contributed by atoms with Crippen LogP contribution in [0.15, 0.2) is 30.3 Å². The molecule has 0 amide bonds. The van der Waals surface area contributed by atoms with Gasteiger partial charge in [0.1, 0.15) is 6.54 Å². The molecule has 0 heterocycles. The van der Waals surface area contributed by atoms with Gasteiger partial charge in [-0.25, -0.2) is 4.18 Å². The molecule has 1 aromatic rings. The number of quaternary nitrogens is 1. The van der Waals surface area contributed by atoms with E-state index in [2.05, 4.69) is 52.8 Å². The average Bonchev–Trinajstić information content (AvgIpc) is 2.30. The highest BCUT2D eigenvalue weighted by molar-refractivity contribution is 7.81. The second-order valence-electron chi connectivity index (χ2n) is 3.85. The van der Waals surface area contributed by atoms with Crippen LogP contribution in [0.3, 0.4) is 0 Å². The first kappa shape index (κ1) is 20.7. The van der Waals surface area contributed by atoms with Crippen molar-refractivity contribution in [2.45, 2.75) is 13.5 Å². The van der Waals surface area contributed by atoms with Crippen molar-refractivity contribution in [3.8, 4) is 0 Å². The molecule has 0 saturated heterocycles. The molecule has 0 spiro atoms. The molecule has 0 aliphatic rings. The molecule has 0 fully saturated rings. The van der Waals surface area contributed by atoms with Crippen LogP contribution in [0.5, 0.6) is 0 Å². The summed E-state index contributed by atoms with van der Waals surface area (Å²) in [5, 5.41) is 0. The maximum atomic E-state index is 10.2. The Bertz CT molecular complexity index is 409. The molecule has 1 N–H and O–H groups in total. The van der Waals surface area contributed by atoms with E-state index in [1.807, 2.05) is 0 Å². The predicted octanol–water partition coefficient (Wildman–Crippen LogP) is -2.75. The smallest absolute Gasteiger partial charge is 0.399 e. The van der Waals surface area contributed by atoms with Crippen LogP contribution >= 0.6 is 0 Å². The number of hydrogen-bond acceptors (Lipinski definition) is 4. The van der Waals surface area contributed by atoms with Gasteiger partial charge in [-0.1, -0.05) is 30.3 Å². The summed E-state index contributed by atoms with van der Waals surface area (Å²) in [6.07, 6.45) is 0. The third kappa shape index (κ3) is 12.1. The second kappa shape index (κ2) is 11.2. The van der Waals surface area contributed by atoms with E-state index >= 15 is 0 Å². The molecule has 0 aromatic heterocycles. The third-order valence-electron chi connectivity index (χ3n) is 1.87. The summed E-state index contributed by atoms with van der Waals surface area (Å²) in [5.41, 5.74) is 1.41. The van der Waals surface area contributed by atoms with Crippen LogP contribution in [0.4, 0.5) is 0 Å². The Kier molecular flexibility index (Phi) is 12.2. The lowest BCUT2D eigenvalue weighted by Crippen LogP contribution is -3.04. The molecule has 7 heteroatoms. The standard InChI is InChI=1S/C9H13N.C3H8O4S.ClH/c1-10(2)8-9-6-4-3-5-7-9;1-3-7-8(4,5)6-2;/h3-7H,8H2,1-2H3;3H2,1-2H3;1H. The van der Waals surface area contributed by atoms with Gasteiger partial charge in [-0.05, 0) is 6.92 Å². The van der Waals surface area contributed by atoms with Gasteiger partial charge in [0.15, 0.2) is 0 Å². The number of nitrogens with one attached hydrogen (secondary N) is 1. The number of halogens is 1. The summed E-state index contributed by atoms with van der Waals surface area (Å²) in [6, 6.07) is 10.5. The van der Waals surface area contributed by atoms with Crippen molar-refractivity contribution in [3.05, 3.63) is 35.9 Å². The molecule has 0 aliphatic heterocycles. The SMILES string of the molecule is CCOS(=O)(=O)OC.C[NH+](C)Cc1ccccc1.[Cl-]. The molecule has 1 rings (SSSR count). The largest absolute Gasteiger partial charge is 1.00 e. The molecule has 5 nitrogen and oxygen atoms in total. The predicted molar refractivity (Wildman–Crippen MR) is 70.5 cm³/mol. The first-order valence-corrected chi connectivity index (χ1v) is 7.02. The van der Waals surface area contributed by atoms with E-state index in [1.54, 1.807) is 6.92 Å². The maximum Gasteiger partial charge on any atom is 0.399 e. The van der Waals surface area contributed by atoms with Crippen molar-refractivity contribution in [2.24, 2.45) is 0 Å². The Hall–Kier alpha value is -0.660. The highest BCUT2D eigenvalue weighted by Gasteiger charge is 2.04. The monoisotopic (exact) mass is 311 g/mol. The minimum Gasteiger partial charge on any atom is -1.00 e. The Morgan fingerprint density at radius 3 is 2.00 bits per heavy atom. The summed E-state index contributed by atoms with van der Waals surface area (Å²) in [4.78, 5) is 1.46. The average molecular weight is 312 g/mol. The van der Waals surface area contributed by atoms with E-state index in [0.29, 0.717) is 0 Å². The summed E-state index contributed by atoms with van der Waals surface area (Å²) < 4.78 is 28.4. The topological polar surface area (TPSA) is 57.0 Å². The second-order valence-corrected chi connectivity index (χ2v) is 5.24. The van der Waals surface area contributed by atoms with Gasteiger partial charge in [-0.15, -0.1) is 0 Å². The lowest BCUT2D eigenvalue weighted by molar-refractivity contribution is -0.872. The van der Waals surface area contributed by atoms with Crippen molar-refractivity contribution in [2.75, 3.05) is 27.8 Å². The van der Waals surface area contributed by atoms with Crippen LogP contribution in [-0.4, -0.2) is 36.2 Å². The van der Waals surface area contributed by atoms with Gasteiger partial charge in [-0.2, -0.15) is 8.42 Å². The Morgan fingerprint density at radius 1 is 1.16 bits per heavy atom. The van der Waals surface area contributed by atoms with Crippen molar-refractivity contribution in [3.63, 3.8) is 0 Å². The van der Waals surface area contributed by atoms with Crippen molar-refractivity contribution < 1.29 is 34.1 Å². The van der Waals surface area contributed by atoms with E-state index < -0.39 is 10.4 Å². The number of benzene rings is 1. The molecule has 1 aromatic carbocycles. The van der Waals surface area contributed by atoms with Crippen LogP contribution in [0.1, 0.15) is 12.5 Å². The lowest BCUT2D eigenvalue weighted by Gasteiger charge is -2.05.